The molecule has 2 aromatic rings. The molecule has 1 unspecified atom stereocenters. The van der Waals surface area contributed by atoms with E-state index >= 15 is 0 Å². The molecule has 1 atom stereocenters. The first-order valence-corrected chi connectivity index (χ1v) is 15.9. The quantitative estimate of drug-likeness (QED) is 0.277. The van der Waals surface area contributed by atoms with Gasteiger partial charge in [0.2, 0.25) is 0 Å². The lowest BCUT2D eigenvalue weighted by molar-refractivity contribution is 0.0858. The summed E-state index contributed by atoms with van der Waals surface area (Å²) in [6.07, 6.45) is 0. The Bertz CT molecular complexity index is 1160. The fourth-order valence-corrected chi connectivity index (χ4v) is 10.8. The largest absolute Gasteiger partial charge is 0.497 e. The summed E-state index contributed by atoms with van der Waals surface area (Å²) in [5, 5.41) is 12.4. The van der Waals surface area contributed by atoms with Crippen LogP contribution in [0.25, 0.3) is 0 Å². The van der Waals surface area contributed by atoms with Gasteiger partial charge in [-0.05, 0) is 65.9 Å². The minimum Gasteiger partial charge on any atom is -0.497 e. The number of ether oxygens (including phenoxy) is 2. The highest BCUT2D eigenvalue weighted by Crippen LogP contribution is 2.42. The Morgan fingerprint density at radius 1 is 0.632 bits per heavy atom. The molecule has 0 saturated carbocycles. The van der Waals surface area contributed by atoms with E-state index in [4.69, 9.17) is 9.47 Å². The Kier molecular flexibility index (Phi) is 9.98. The highest BCUT2D eigenvalue weighted by atomic mass is 28.3. The monoisotopic (exact) mass is 532 g/mol. The average molecular weight is 533 g/mol. The van der Waals surface area contributed by atoms with Gasteiger partial charge in [-0.3, -0.25) is 0 Å². The minimum atomic E-state index is -2.10. The normalized spacial score (nSPS) is 13.9. The van der Waals surface area contributed by atoms with Crippen molar-refractivity contribution in [3.05, 3.63) is 59.7 Å². The second-order valence-corrected chi connectivity index (χ2v) is 17.9. The molecule has 0 bridgehead atoms. The second-order valence-electron chi connectivity index (χ2n) is 12.3. The van der Waals surface area contributed by atoms with Gasteiger partial charge in [-0.2, -0.15) is 0 Å². The van der Waals surface area contributed by atoms with Crippen LogP contribution in [0.5, 0.6) is 11.5 Å². The predicted octanol–water partition coefficient (Wildman–Crippen LogP) is 7.92. The van der Waals surface area contributed by atoms with Gasteiger partial charge in [0.1, 0.15) is 19.6 Å². The van der Waals surface area contributed by atoms with Crippen molar-refractivity contribution in [2.45, 2.75) is 102 Å². The highest BCUT2D eigenvalue weighted by Gasteiger charge is 2.46. The second kappa shape index (κ2) is 12.0. The smallest absolute Gasteiger partial charge is 0.196 e. The SMILES string of the molecule is COc1ccc(C(C)(C)C#CC(O)(C#C[Si](C(C)C)(C(C)C)C(C)C)C(C)(C)c2ccc(OC)cc2)cc1. The molecule has 0 aliphatic heterocycles. The van der Waals surface area contributed by atoms with Crippen molar-refractivity contribution in [3.63, 3.8) is 0 Å². The van der Waals surface area contributed by atoms with Crippen molar-refractivity contribution in [3.8, 4) is 34.8 Å². The third kappa shape index (κ3) is 6.31. The van der Waals surface area contributed by atoms with Crippen molar-refractivity contribution in [1.29, 1.82) is 0 Å². The third-order valence-corrected chi connectivity index (χ3v) is 14.7. The van der Waals surface area contributed by atoms with Crippen LogP contribution in [0.3, 0.4) is 0 Å². The van der Waals surface area contributed by atoms with Crippen molar-refractivity contribution >= 4 is 8.07 Å². The lowest BCUT2D eigenvalue weighted by Gasteiger charge is -2.40. The van der Waals surface area contributed by atoms with Crippen LogP contribution in [-0.4, -0.2) is 33.0 Å². The third-order valence-electron chi connectivity index (χ3n) is 8.41. The van der Waals surface area contributed by atoms with E-state index in [0.717, 1.165) is 22.6 Å². The van der Waals surface area contributed by atoms with Crippen LogP contribution in [0.4, 0.5) is 0 Å². The summed E-state index contributed by atoms with van der Waals surface area (Å²) >= 11 is 0. The number of methoxy groups -OCH3 is 2. The van der Waals surface area contributed by atoms with Crippen LogP contribution in [-0.2, 0) is 10.8 Å². The topological polar surface area (TPSA) is 38.7 Å². The van der Waals surface area contributed by atoms with Gasteiger partial charge in [0.25, 0.3) is 0 Å². The van der Waals surface area contributed by atoms with Gasteiger partial charge in [-0.25, -0.2) is 0 Å². The Labute approximate surface area is 233 Å². The fourth-order valence-electron chi connectivity index (χ4n) is 5.52. The highest BCUT2D eigenvalue weighted by molar-refractivity contribution is 6.90. The molecule has 0 spiro atoms. The Balaban J connectivity index is 2.77. The van der Waals surface area contributed by atoms with Crippen LogP contribution in [0.1, 0.15) is 80.4 Å². The zero-order chi connectivity index (χ0) is 28.9. The van der Waals surface area contributed by atoms with E-state index < -0.39 is 24.5 Å². The molecule has 0 heterocycles. The number of rotatable bonds is 8. The molecule has 1 N–H and O–H groups in total. The molecule has 4 heteroatoms. The molecule has 206 valence electrons. The first kappa shape index (κ1) is 31.6. The van der Waals surface area contributed by atoms with Crippen LogP contribution >= 0.6 is 0 Å². The van der Waals surface area contributed by atoms with E-state index in [2.05, 4.69) is 78.7 Å². The van der Waals surface area contributed by atoms with Crippen LogP contribution < -0.4 is 9.47 Å². The van der Waals surface area contributed by atoms with E-state index in [1.165, 1.54) is 0 Å². The lowest BCUT2D eigenvalue weighted by atomic mass is 9.70. The zero-order valence-corrected chi connectivity index (χ0v) is 26.6. The molecular formula is C34H48O3Si. The molecular weight excluding hydrogens is 484 g/mol. The minimum absolute atomic E-state index is 0.451. The standard InChI is InChI=1S/C34H48O3Si/c1-25(2)38(26(3)4,27(5)6)24-23-34(35,33(9,10)29-15-19-31(37-12)20-16-29)22-21-32(7,8)28-13-17-30(36-11)18-14-28/h13-20,25-27,35H,1-12H3. The van der Waals surface area contributed by atoms with E-state index in [1.54, 1.807) is 14.2 Å². The summed E-state index contributed by atoms with van der Waals surface area (Å²) in [6.45, 7) is 21.9. The molecule has 0 aliphatic carbocycles. The van der Waals surface area contributed by atoms with Gasteiger partial charge in [-0.15, -0.1) is 5.54 Å². The summed E-state index contributed by atoms with van der Waals surface area (Å²) in [4.78, 5) is 0. The molecule has 0 aliphatic rings. The molecule has 38 heavy (non-hydrogen) atoms. The summed E-state index contributed by atoms with van der Waals surface area (Å²) in [5.74, 6) is 11.7. The fraction of sp³-hybridized carbons (Fsp3) is 0.529. The van der Waals surface area contributed by atoms with Gasteiger partial charge in [-0.1, -0.05) is 97.4 Å². The van der Waals surface area contributed by atoms with Crippen molar-refractivity contribution in [1.82, 2.24) is 0 Å². The van der Waals surface area contributed by atoms with E-state index in [0.29, 0.717) is 16.6 Å². The van der Waals surface area contributed by atoms with Gasteiger partial charge in [0.05, 0.1) is 19.6 Å². The van der Waals surface area contributed by atoms with E-state index in [-0.39, 0.29) is 0 Å². The van der Waals surface area contributed by atoms with Gasteiger partial charge >= 0.3 is 0 Å². The van der Waals surface area contributed by atoms with Crippen molar-refractivity contribution < 1.29 is 14.6 Å². The Hall–Kier alpha value is -2.66. The van der Waals surface area contributed by atoms with Crippen LogP contribution in [0.2, 0.25) is 16.6 Å². The summed E-state index contributed by atoms with van der Waals surface area (Å²) in [6, 6.07) is 15.8. The predicted molar refractivity (Wildman–Crippen MR) is 164 cm³/mol. The zero-order valence-electron chi connectivity index (χ0n) is 25.6. The summed E-state index contributed by atoms with van der Waals surface area (Å²) in [5.41, 5.74) is 4.29. The summed E-state index contributed by atoms with van der Waals surface area (Å²) in [7, 11) is 1.21. The van der Waals surface area contributed by atoms with Crippen molar-refractivity contribution in [2.24, 2.45) is 0 Å². The first-order valence-electron chi connectivity index (χ1n) is 13.7. The van der Waals surface area contributed by atoms with E-state index in [1.807, 2.05) is 62.4 Å². The Morgan fingerprint density at radius 2 is 1.03 bits per heavy atom. The van der Waals surface area contributed by atoms with E-state index in [9.17, 15) is 5.11 Å². The Morgan fingerprint density at radius 3 is 1.39 bits per heavy atom. The molecule has 0 fully saturated rings. The molecule has 0 radical (unpaired) electrons. The molecule has 0 aromatic heterocycles. The van der Waals surface area contributed by atoms with Crippen molar-refractivity contribution in [2.75, 3.05) is 14.2 Å². The molecule has 2 aromatic carbocycles. The number of hydrogen-bond donors (Lipinski definition) is 1. The van der Waals surface area contributed by atoms with Crippen LogP contribution in [0, 0.1) is 23.3 Å². The number of benzene rings is 2. The van der Waals surface area contributed by atoms with Gasteiger partial charge < -0.3 is 14.6 Å². The average Bonchev–Trinajstić information content (AvgIpc) is 2.87. The molecule has 0 amide bonds. The van der Waals surface area contributed by atoms with Gasteiger partial charge in [0.15, 0.2) is 5.60 Å². The number of hydrogen-bond acceptors (Lipinski definition) is 3. The summed E-state index contributed by atoms with van der Waals surface area (Å²) < 4.78 is 10.7. The maximum atomic E-state index is 12.4. The maximum absolute atomic E-state index is 12.4. The van der Waals surface area contributed by atoms with Crippen LogP contribution in [0.15, 0.2) is 48.5 Å². The number of aliphatic hydroxyl groups is 1. The maximum Gasteiger partial charge on any atom is 0.196 e. The molecule has 2 rings (SSSR count). The van der Waals surface area contributed by atoms with Gasteiger partial charge in [0, 0.05) is 5.41 Å². The lowest BCUT2D eigenvalue weighted by Crippen LogP contribution is -2.48. The first-order chi connectivity index (χ1) is 17.6. The molecule has 3 nitrogen and oxygen atoms in total. The molecule has 0 saturated heterocycles.